The Balaban J connectivity index is 2.71. The Bertz CT molecular complexity index is 233. The molecule has 72 valence electrons. The van der Waals surface area contributed by atoms with E-state index in [2.05, 4.69) is 6.07 Å². The highest BCUT2D eigenvalue weighted by molar-refractivity contribution is 5.88. The van der Waals surface area contributed by atoms with Crippen molar-refractivity contribution in [3.05, 3.63) is 0 Å². The van der Waals surface area contributed by atoms with Crippen LogP contribution in [0.2, 0.25) is 0 Å². The molecule has 0 N–H and O–H groups in total. The van der Waals surface area contributed by atoms with Crippen LogP contribution >= 0.6 is 0 Å². The zero-order chi connectivity index (χ0) is 9.90. The van der Waals surface area contributed by atoms with Gasteiger partial charge in [0.2, 0.25) is 0 Å². The molecular formula is C11H17NO. The van der Waals surface area contributed by atoms with E-state index >= 15 is 0 Å². The average molecular weight is 179 g/mol. The second kappa shape index (κ2) is 3.91. The van der Waals surface area contributed by atoms with Crippen LogP contribution in [0.25, 0.3) is 0 Å². The molecule has 1 aliphatic carbocycles. The number of nitriles is 1. The summed E-state index contributed by atoms with van der Waals surface area (Å²) in [7, 11) is 0. The van der Waals surface area contributed by atoms with E-state index in [1.165, 1.54) is 0 Å². The molecule has 1 aliphatic rings. The van der Waals surface area contributed by atoms with Gasteiger partial charge >= 0.3 is 0 Å². The second-order valence-electron chi connectivity index (χ2n) is 4.22. The van der Waals surface area contributed by atoms with E-state index in [-0.39, 0.29) is 17.1 Å². The molecule has 0 radical (unpaired) electrons. The fourth-order valence-corrected chi connectivity index (χ4v) is 2.16. The lowest BCUT2D eigenvalue weighted by molar-refractivity contribution is -0.130. The van der Waals surface area contributed by atoms with Gasteiger partial charge in [0, 0.05) is 5.41 Å². The van der Waals surface area contributed by atoms with Crippen molar-refractivity contribution < 1.29 is 4.79 Å². The number of hydrogen-bond acceptors (Lipinski definition) is 2. The molecule has 0 bridgehead atoms. The Morgan fingerprint density at radius 1 is 1.54 bits per heavy atom. The third kappa shape index (κ3) is 1.91. The first-order chi connectivity index (χ1) is 6.14. The number of carbonyl (C=O) groups is 1. The minimum atomic E-state index is -0.372. The molecule has 2 heteroatoms. The Hall–Kier alpha value is -0.840. The summed E-state index contributed by atoms with van der Waals surface area (Å²) in [6.07, 6.45) is 4.90. The van der Waals surface area contributed by atoms with Gasteiger partial charge in [-0.2, -0.15) is 5.26 Å². The predicted octanol–water partition coefficient (Wildman–Crippen LogP) is 2.69. The predicted molar refractivity (Wildman–Crippen MR) is 51.0 cm³/mol. The molecule has 0 aliphatic heterocycles. The van der Waals surface area contributed by atoms with Gasteiger partial charge < -0.3 is 0 Å². The number of carbonyl (C=O) groups excluding carboxylic acids is 1. The Morgan fingerprint density at radius 2 is 2.08 bits per heavy atom. The summed E-state index contributed by atoms with van der Waals surface area (Å²) in [5, 5.41) is 8.80. The fourth-order valence-electron chi connectivity index (χ4n) is 2.16. The first kappa shape index (κ1) is 10.2. The van der Waals surface area contributed by atoms with E-state index in [0.717, 1.165) is 25.7 Å². The number of nitrogens with zero attached hydrogens (tertiary/aromatic N) is 1. The van der Waals surface area contributed by atoms with Crippen molar-refractivity contribution in [2.45, 2.75) is 46.0 Å². The first-order valence-corrected chi connectivity index (χ1v) is 5.08. The summed E-state index contributed by atoms with van der Waals surface area (Å²) < 4.78 is 0. The summed E-state index contributed by atoms with van der Waals surface area (Å²) in [6, 6.07) is 2.10. The molecule has 1 unspecified atom stereocenters. The van der Waals surface area contributed by atoms with Crippen molar-refractivity contribution in [1.29, 1.82) is 5.26 Å². The first-order valence-electron chi connectivity index (χ1n) is 5.08. The topological polar surface area (TPSA) is 40.9 Å². The van der Waals surface area contributed by atoms with Gasteiger partial charge in [0.1, 0.15) is 5.92 Å². The monoisotopic (exact) mass is 179 g/mol. The zero-order valence-electron chi connectivity index (χ0n) is 8.47. The van der Waals surface area contributed by atoms with E-state index in [1.54, 1.807) is 0 Å². The molecule has 0 saturated heterocycles. The summed E-state index contributed by atoms with van der Waals surface area (Å²) in [6.45, 7) is 3.92. The Kier molecular flexibility index (Phi) is 3.08. The molecule has 1 rings (SSSR count). The van der Waals surface area contributed by atoms with Gasteiger partial charge in [0.05, 0.1) is 6.07 Å². The maximum Gasteiger partial charge on any atom is 0.155 e. The minimum absolute atomic E-state index is 0.176. The second-order valence-corrected chi connectivity index (χ2v) is 4.22. The van der Waals surface area contributed by atoms with E-state index in [9.17, 15) is 4.79 Å². The standard InChI is InChI=1S/C11H17NO/c1-3-9(8-12)10(13)11(2)6-4-5-7-11/h9H,3-7H2,1-2H3. The largest absolute Gasteiger partial charge is 0.298 e. The SMILES string of the molecule is CCC(C#N)C(=O)C1(C)CCCC1. The average Bonchev–Trinajstić information content (AvgIpc) is 2.55. The van der Waals surface area contributed by atoms with Crippen LogP contribution in [-0.4, -0.2) is 5.78 Å². The van der Waals surface area contributed by atoms with E-state index < -0.39 is 0 Å². The van der Waals surface area contributed by atoms with Gasteiger partial charge in [0.15, 0.2) is 5.78 Å². The van der Waals surface area contributed by atoms with Crippen LogP contribution in [0.15, 0.2) is 0 Å². The summed E-state index contributed by atoms with van der Waals surface area (Å²) in [4.78, 5) is 11.9. The Labute approximate surface area is 79.9 Å². The number of Topliss-reactive ketones (excluding diaryl/α,β-unsaturated/α-hetero) is 1. The molecule has 1 fully saturated rings. The summed E-state index contributed by atoms with van der Waals surface area (Å²) in [5.74, 6) is -0.196. The molecule has 0 aromatic heterocycles. The molecular weight excluding hydrogens is 162 g/mol. The van der Waals surface area contributed by atoms with Gasteiger partial charge in [-0.1, -0.05) is 26.7 Å². The van der Waals surface area contributed by atoms with Crippen LogP contribution in [0.5, 0.6) is 0 Å². The number of hydrogen-bond donors (Lipinski definition) is 0. The molecule has 1 saturated carbocycles. The molecule has 0 heterocycles. The number of rotatable bonds is 3. The molecule has 1 atom stereocenters. The summed E-state index contributed by atoms with van der Waals surface area (Å²) >= 11 is 0. The fraction of sp³-hybridized carbons (Fsp3) is 0.818. The zero-order valence-corrected chi connectivity index (χ0v) is 8.47. The van der Waals surface area contributed by atoms with E-state index in [1.807, 2.05) is 13.8 Å². The molecule has 0 amide bonds. The lowest BCUT2D eigenvalue weighted by atomic mass is 9.78. The molecule has 0 aromatic carbocycles. The van der Waals surface area contributed by atoms with Crippen molar-refractivity contribution >= 4 is 5.78 Å². The van der Waals surface area contributed by atoms with Crippen molar-refractivity contribution in [2.24, 2.45) is 11.3 Å². The third-order valence-corrected chi connectivity index (χ3v) is 3.18. The lowest BCUT2D eigenvalue weighted by Crippen LogP contribution is -2.30. The molecule has 0 spiro atoms. The maximum absolute atomic E-state index is 11.9. The van der Waals surface area contributed by atoms with Gasteiger partial charge in [0.25, 0.3) is 0 Å². The maximum atomic E-state index is 11.9. The van der Waals surface area contributed by atoms with E-state index in [4.69, 9.17) is 5.26 Å². The number of ketones is 1. The minimum Gasteiger partial charge on any atom is -0.298 e. The van der Waals surface area contributed by atoms with Gasteiger partial charge in [-0.05, 0) is 19.3 Å². The summed E-state index contributed by atoms with van der Waals surface area (Å²) in [5.41, 5.74) is -0.184. The van der Waals surface area contributed by atoms with Crippen LogP contribution in [-0.2, 0) is 4.79 Å². The highest BCUT2D eigenvalue weighted by Gasteiger charge is 2.39. The van der Waals surface area contributed by atoms with Crippen LogP contribution in [0.1, 0.15) is 46.0 Å². The van der Waals surface area contributed by atoms with Crippen molar-refractivity contribution in [3.63, 3.8) is 0 Å². The van der Waals surface area contributed by atoms with Crippen LogP contribution < -0.4 is 0 Å². The highest BCUT2D eigenvalue weighted by Crippen LogP contribution is 2.40. The molecule has 13 heavy (non-hydrogen) atoms. The van der Waals surface area contributed by atoms with Gasteiger partial charge in [-0.3, -0.25) is 4.79 Å². The normalized spacial score (nSPS) is 22.2. The van der Waals surface area contributed by atoms with Crippen molar-refractivity contribution in [1.82, 2.24) is 0 Å². The third-order valence-electron chi connectivity index (χ3n) is 3.18. The van der Waals surface area contributed by atoms with Crippen molar-refractivity contribution in [2.75, 3.05) is 0 Å². The lowest BCUT2D eigenvalue weighted by Gasteiger charge is -2.23. The molecule has 2 nitrogen and oxygen atoms in total. The van der Waals surface area contributed by atoms with Gasteiger partial charge in [-0.25, -0.2) is 0 Å². The van der Waals surface area contributed by atoms with Crippen LogP contribution in [0.4, 0.5) is 0 Å². The van der Waals surface area contributed by atoms with E-state index in [0.29, 0.717) is 6.42 Å². The molecule has 0 aromatic rings. The Morgan fingerprint density at radius 3 is 2.46 bits per heavy atom. The highest BCUT2D eigenvalue weighted by atomic mass is 16.1. The van der Waals surface area contributed by atoms with Gasteiger partial charge in [-0.15, -0.1) is 0 Å². The van der Waals surface area contributed by atoms with Crippen molar-refractivity contribution in [3.8, 4) is 6.07 Å². The van der Waals surface area contributed by atoms with Crippen LogP contribution in [0.3, 0.4) is 0 Å². The van der Waals surface area contributed by atoms with Crippen LogP contribution in [0, 0.1) is 22.7 Å². The smallest absolute Gasteiger partial charge is 0.155 e. The quantitative estimate of drug-likeness (QED) is 0.668.